The number of nitrogens with zero attached hydrogens (tertiary/aromatic N) is 2. The van der Waals surface area contributed by atoms with Crippen molar-refractivity contribution in [1.29, 1.82) is 0 Å². The normalized spacial score (nSPS) is 20.1. The summed E-state index contributed by atoms with van der Waals surface area (Å²) >= 11 is 0. The Hall–Kier alpha value is -1.60. The Morgan fingerprint density at radius 1 is 1.23 bits per heavy atom. The van der Waals surface area contributed by atoms with Crippen LogP contribution >= 0.6 is 0 Å². The highest BCUT2D eigenvalue weighted by molar-refractivity contribution is 7.89. The molecule has 1 saturated carbocycles. The molecule has 0 amide bonds. The van der Waals surface area contributed by atoms with E-state index in [9.17, 15) is 8.42 Å². The van der Waals surface area contributed by atoms with E-state index in [4.69, 9.17) is 10.1 Å². The van der Waals surface area contributed by atoms with Gasteiger partial charge in [-0.25, -0.2) is 13.6 Å². The minimum Gasteiger partial charge on any atom is -0.357 e. The summed E-state index contributed by atoms with van der Waals surface area (Å²) in [5.41, 5.74) is 1.59. The van der Waals surface area contributed by atoms with Gasteiger partial charge < -0.3 is 10.2 Å². The van der Waals surface area contributed by atoms with Gasteiger partial charge in [0.05, 0.1) is 4.90 Å². The standard InChI is InChI=1S/C19H30N4O2S/c1-2-21-18(23-14-12-19(15-23)10-3-4-11-19)22-13-9-16-5-7-17(8-6-16)26(20,24)25/h5-8H,2-4,9-15H2,1H3,(H,21,22)(H2,20,24,25). The van der Waals surface area contributed by atoms with Crippen LogP contribution in [-0.4, -0.2) is 45.5 Å². The number of primary sulfonamides is 1. The lowest BCUT2D eigenvalue weighted by atomic mass is 9.86. The topological polar surface area (TPSA) is 87.8 Å². The van der Waals surface area contributed by atoms with Crippen LogP contribution in [0.3, 0.4) is 0 Å². The SMILES string of the molecule is CCNC(=NCCc1ccc(S(N)(=O)=O)cc1)N1CCC2(CCCC2)C1. The van der Waals surface area contributed by atoms with Crippen molar-refractivity contribution >= 4 is 16.0 Å². The van der Waals surface area contributed by atoms with E-state index in [0.717, 1.165) is 37.6 Å². The first-order valence-electron chi connectivity index (χ1n) is 9.57. The van der Waals surface area contributed by atoms with Gasteiger partial charge >= 0.3 is 0 Å². The fourth-order valence-electron chi connectivity index (χ4n) is 4.21. The van der Waals surface area contributed by atoms with Gasteiger partial charge in [-0.05, 0) is 55.7 Å². The largest absolute Gasteiger partial charge is 0.357 e. The van der Waals surface area contributed by atoms with Gasteiger partial charge in [-0.2, -0.15) is 0 Å². The predicted molar refractivity (Wildman–Crippen MR) is 105 cm³/mol. The average molecular weight is 379 g/mol. The van der Waals surface area contributed by atoms with E-state index in [0.29, 0.717) is 12.0 Å². The second kappa shape index (κ2) is 7.96. The van der Waals surface area contributed by atoms with E-state index < -0.39 is 10.0 Å². The zero-order chi connectivity index (χ0) is 18.6. The summed E-state index contributed by atoms with van der Waals surface area (Å²) in [6.07, 6.45) is 7.52. The van der Waals surface area contributed by atoms with Gasteiger partial charge in [-0.1, -0.05) is 25.0 Å². The summed E-state index contributed by atoms with van der Waals surface area (Å²) in [5, 5.41) is 8.56. The maximum atomic E-state index is 11.3. The summed E-state index contributed by atoms with van der Waals surface area (Å²) in [5.74, 6) is 1.01. The van der Waals surface area contributed by atoms with Crippen LogP contribution in [0.2, 0.25) is 0 Å². The fraction of sp³-hybridized carbons (Fsp3) is 0.632. The first kappa shape index (κ1) is 19.2. The Labute approximate surface area is 156 Å². The van der Waals surface area contributed by atoms with Crippen molar-refractivity contribution < 1.29 is 8.42 Å². The number of rotatable bonds is 5. The molecule has 7 heteroatoms. The number of likely N-dealkylation sites (tertiary alicyclic amines) is 1. The predicted octanol–water partition coefficient (Wildman–Crippen LogP) is 2.11. The molecule has 1 aliphatic heterocycles. The van der Waals surface area contributed by atoms with Crippen LogP contribution in [0.25, 0.3) is 0 Å². The molecule has 0 radical (unpaired) electrons. The van der Waals surface area contributed by atoms with Crippen molar-refractivity contribution in [3.63, 3.8) is 0 Å². The van der Waals surface area contributed by atoms with Gasteiger partial charge in [-0.15, -0.1) is 0 Å². The maximum Gasteiger partial charge on any atom is 0.238 e. The highest BCUT2D eigenvalue weighted by atomic mass is 32.2. The Kier molecular flexibility index (Phi) is 5.87. The second-order valence-electron chi connectivity index (χ2n) is 7.55. The third kappa shape index (κ3) is 4.57. The van der Waals surface area contributed by atoms with Crippen LogP contribution in [0.5, 0.6) is 0 Å². The number of benzene rings is 1. The number of guanidine groups is 1. The van der Waals surface area contributed by atoms with Crippen LogP contribution in [0.15, 0.2) is 34.2 Å². The Morgan fingerprint density at radius 2 is 1.92 bits per heavy atom. The van der Waals surface area contributed by atoms with Crippen molar-refractivity contribution in [3.05, 3.63) is 29.8 Å². The van der Waals surface area contributed by atoms with Crippen LogP contribution in [0.4, 0.5) is 0 Å². The molecule has 1 spiro atoms. The molecule has 1 saturated heterocycles. The van der Waals surface area contributed by atoms with Crippen molar-refractivity contribution in [2.45, 2.75) is 50.3 Å². The van der Waals surface area contributed by atoms with Crippen LogP contribution in [0, 0.1) is 5.41 Å². The molecule has 0 atom stereocenters. The minimum absolute atomic E-state index is 0.150. The van der Waals surface area contributed by atoms with Gasteiger partial charge in [0.1, 0.15) is 0 Å². The Bertz CT molecular complexity index is 737. The van der Waals surface area contributed by atoms with E-state index in [-0.39, 0.29) is 4.90 Å². The zero-order valence-corrected chi connectivity index (χ0v) is 16.4. The second-order valence-corrected chi connectivity index (χ2v) is 9.11. The number of nitrogens with two attached hydrogens (primary N) is 1. The molecular weight excluding hydrogens is 348 g/mol. The molecular formula is C19H30N4O2S. The fourth-order valence-corrected chi connectivity index (χ4v) is 4.73. The molecule has 144 valence electrons. The third-order valence-corrected chi connectivity index (χ3v) is 6.58. The monoisotopic (exact) mass is 378 g/mol. The van der Waals surface area contributed by atoms with E-state index >= 15 is 0 Å². The highest BCUT2D eigenvalue weighted by Gasteiger charge is 2.41. The molecule has 3 rings (SSSR count). The lowest BCUT2D eigenvalue weighted by Gasteiger charge is -2.26. The summed E-state index contributed by atoms with van der Waals surface area (Å²) in [4.78, 5) is 7.37. The van der Waals surface area contributed by atoms with Gasteiger partial charge in [-0.3, -0.25) is 4.99 Å². The Balaban J connectivity index is 1.59. The summed E-state index contributed by atoms with van der Waals surface area (Å²) in [6.45, 7) is 5.87. The molecule has 2 fully saturated rings. The van der Waals surface area contributed by atoms with Gasteiger partial charge in [0.2, 0.25) is 10.0 Å². The van der Waals surface area contributed by atoms with Crippen LogP contribution in [-0.2, 0) is 16.4 Å². The maximum absolute atomic E-state index is 11.3. The molecule has 2 aliphatic rings. The summed E-state index contributed by atoms with van der Waals surface area (Å²) in [7, 11) is -3.63. The molecule has 26 heavy (non-hydrogen) atoms. The lowest BCUT2D eigenvalue weighted by Crippen LogP contribution is -2.41. The van der Waals surface area contributed by atoms with Gasteiger partial charge in [0, 0.05) is 26.2 Å². The minimum atomic E-state index is -3.63. The van der Waals surface area contributed by atoms with Gasteiger partial charge in [0.25, 0.3) is 0 Å². The quantitative estimate of drug-likeness (QED) is 0.607. The van der Waals surface area contributed by atoms with Crippen molar-refractivity contribution in [1.82, 2.24) is 10.2 Å². The summed E-state index contributed by atoms with van der Waals surface area (Å²) < 4.78 is 22.6. The van der Waals surface area contributed by atoms with Gasteiger partial charge in [0.15, 0.2) is 5.96 Å². The number of sulfonamides is 1. The molecule has 1 aliphatic carbocycles. The molecule has 6 nitrogen and oxygen atoms in total. The van der Waals surface area contributed by atoms with E-state index in [2.05, 4.69) is 17.1 Å². The number of aliphatic imine (C=N–C) groups is 1. The smallest absolute Gasteiger partial charge is 0.238 e. The zero-order valence-electron chi connectivity index (χ0n) is 15.6. The third-order valence-electron chi connectivity index (χ3n) is 5.65. The highest BCUT2D eigenvalue weighted by Crippen LogP contribution is 2.45. The Morgan fingerprint density at radius 3 is 2.54 bits per heavy atom. The molecule has 1 heterocycles. The molecule has 0 aromatic heterocycles. The van der Waals surface area contributed by atoms with E-state index in [1.54, 1.807) is 12.1 Å². The molecule has 1 aromatic carbocycles. The van der Waals surface area contributed by atoms with Crippen molar-refractivity contribution in [2.75, 3.05) is 26.2 Å². The lowest BCUT2D eigenvalue weighted by molar-refractivity contribution is 0.309. The van der Waals surface area contributed by atoms with Crippen LogP contribution < -0.4 is 10.5 Å². The number of hydrogen-bond donors (Lipinski definition) is 2. The molecule has 0 unspecified atom stereocenters. The first-order chi connectivity index (χ1) is 12.4. The number of hydrogen-bond acceptors (Lipinski definition) is 3. The van der Waals surface area contributed by atoms with Crippen LogP contribution in [0.1, 0.15) is 44.6 Å². The number of nitrogens with one attached hydrogen (secondary N) is 1. The molecule has 3 N–H and O–H groups in total. The molecule has 0 bridgehead atoms. The average Bonchev–Trinajstić information content (AvgIpc) is 3.24. The summed E-state index contributed by atoms with van der Waals surface area (Å²) in [6, 6.07) is 6.74. The molecule has 1 aromatic rings. The van der Waals surface area contributed by atoms with E-state index in [1.165, 1.54) is 32.1 Å². The first-order valence-corrected chi connectivity index (χ1v) is 11.1. The van der Waals surface area contributed by atoms with Crippen molar-refractivity contribution in [3.8, 4) is 0 Å². The van der Waals surface area contributed by atoms with E-state index in [1.807, 2.05) is 12.1 Å². The van der Waals surface area contributed by atoms with Crippen molar-refractivity contribution in [2.24, 2.45) is 15.5 Å².